The van der Waals surface area contributed by atoms with Crippen molar-refractivity contribution in [3.05, 3.63) is 64.2 Å². The van der Waals surface area contributed by atoms with Crippen LogP contribution in [0.15, 0.2) is 42.5 Å². The van der Waals surface area contributed by atoms with Crippen molar-refractivity contribution < 1.29 is 19.1 Å². The Kier molecular flexibility index (Phi) is 8.81. The summed E-state index contributed by atoms with van der Waals surface area (Å²) in [5.41, 5.74) is 2.98. The van der Waals surface area contributed by atoms with Crippen LogP contribution in [0, 0.1) is 6.92 Å². The van der Waals surface area contributed by atoms with Gasteiger partial charge in [-0.1, -0.05) is 41.4 Å². The summed E-state index contributed by atoms with van der Waals surface area (Å²) in [6, 6.07) is 13.5. The average molecular weight is 462 g/mol. The number of carbonyl (C=O) groups is 2. The molecule has 1 saturated heterocycles. The van der Waals surface area contributed by atoms with Gasteiger partial charge in [0.15, 0.2) is 5.78 Å². The normalized spacial score (nSPS) is 16.2. The summed E-state index contributed by atoms with van der Waals surface area (Å²) in [4.78, 5) is 26.3. The van der Waals surface area contributed by atoms with Crippen molar-refractivity contribution in [1.29, 1.82) is 0 Å². The van der Waals surface area contributed by atoms with Gasteiger partial charge in [-0.3, -0.25) is 9.59 Å². The number of rotatable bonds is 9. The molecule has 2 aromatic rings. The van der Waals surface area contributed by atoms with Gasteiger partial charge < -0.3 is 14.4 Å². The third-order valence-electron chi connectivity index (χ3n) is 5.09. The van der Waals surface area contributed by atoms with Crippen LogP contribution >= 0.6 is 23.4 Å². The number of thioether (sulfide) groups is 1. The Morgan fingerprint density at radius 3 is 2.74 bits per heavy atom. The minimum atomic E-state index is -0.228. The molecule has 31 heavy (non-hydrogen) atoms. The van der Waals surface area contributed by atoms with E-state index in [1.165, 1.54) is 18.1 Å². The van der Waals surface area contributed by atoms with Gasteiger partial charge in [0.25, 0.3) is 0 Å². The Morgan fingerprint density at radius 2 is 2.00 bits per heavy atom. The van der Waals surface area contributed by atoms with E-state index in [4.69, 9.17) is 21.1 Å². The first-order chi connectivity index (χ1) is 14.9. The van der Waals surface area contributed by atoms with Crippen LogP contribution in [0.2, 0.25) is 5.02 Å². The summed E-state index contributed by atoms with van der Waals surface area (Å²) in [6.45, 7) is 5.40. The van der Waals surface area contributed by atoms with Gasteiger partial charge in [-0.25, -0.2) is 0 Å². The van der Waals surface area contributed by atoms with Crippen LogP contribution in [-0.4, -0.2) is 54.8 Å². The van der Waals surface area contributed by atoms with E-state index in [9.17, 15) is 9.59 Å². The maximum Gasteiger partial charge on any atom is 0.223 e. The highest BCUT2D eigenvalue weighted by Gasteiger charge is 2.25. The third kappa shape index (κ3) is 7.27. The van der Waals surface area contributed by atoms with E-state index in [-0.39, 0.29) is 24.4 Å². The van der Waals surface area contributed by atoms with Crippen LogP contribution < -0.4 is 4.74 Å². The zero-order valence-electron chi connectivity index (χ0n) is 17.9. The topological polar surface area (TPSA) is 55.8 Å². The number of aryl methyl sites for hydroxylation is 1. The largest absolute Gasteiger partial charge is 0.490 e. The molecule has 7 heteroatoms. The van der Waals surface area contributed by atoms with Gasteiger partial charge in [0.05, 0.1) is 18.7 Å². The van der Waals surface area contributed by atoms with Crippen LogP contribution in [0.25, 0.3) is 0 Å². The molecule has 1 heterocycles. The van der Waals surface area contributed by atoms with Gasteiger partial charge in [-0.15, -0.1) is 0 Å². The van der Waals surface area contributed by atoms with Crippen LogP contribution in [0.1, 0.15) is 34.8 Å². The smallest absolute Gasteiger partial charge is 0.223 e. The SMILES string of the molecule is CC(=O)c1cc(Cl)ccc1OCC1CN(C(=O)CCSCc2ccc(C)cc2)CCO1. The molecule has 1 atom stereocenters. The fraction of sp³-hybridized carbons (Fsp3) is 0.417. The second-order valence-corrected chi connectivity index (χ2v) is 9.17. The molecule has 5 nitrogen and oxygen atoms in total. The predicted molar refractivity (Wildman–Crippen MR) is 125 cm³/mol. The number of halogens is 1. The molecule has 1 unspecified atom stereocenters. The molecule has 0 aromatic heterocycles. The highest BCUT2D eigenvalue weighted by atomic mass is 35.5. The molecule has 1 amide bonds. The number of morpholine rings is 1. The Balaban J connectivity index is 1.43. The number of amides is 1. The summed E-state index contributed by atoms with van der Waals surface area (Å²) in [6.07, 6.45) is 0.281. The summed E-state index contributed by atoms with van der Waals surface area (Å²) in [5.74, 6) is 2.21. The van der Waals surface area contributed by atoms with Crippen molar-refractivity contribution in [1.82, 2.24) is 4.90 Å². The van der Waals surface area contributed by atoms with E-state index in [1.807, 2.05) is 4.90 Å². The van der Waals surface area contributed by atoms with Crippen molar-refractivity contribution in [3.8, 4) is 5.75 Å². The maximum absolute atomic E-state index is 12.6. The number of nitrogens with zero attached hydrogens (tertiary/aromatic N) is 1. The molecule has 0 saturated carbocycles. The second kappa shape index (κ2) is 11.6. The minimum absolute atomic E-state index is 0.109. The van der Waals surface area contributed by atoms with E-state index in [0.717, 1.165) is 11.5 Å². The number of hydrogen-bond acceptors (Lipinski definition) is 5. The van der Waals surface area contributed by atoms with Crippen LogP contribution in [0.4, 0.5) is 0 Å². The van der Waals surface area contributed by atoms with Crippen LogP contribution in [0.3, 0.4) is 0 Å². The van der Waals surface area contributed by atoms with E-state index in [0.29, 0.717) is 42.5 Å². The lowest BCUT2D eigenvalue weighted by Gasteiger charge is -2.33. The summed E-state index contributed by atoms with van der Waals surface area (Å²) in [7, 11) is 0. The van der Waals surface area contributed by atoms with E-state index >= 15 is 0 Å². The van der Waals surface area contributed by atoms with Crippen molar-refractivity contribution in [2.24, 2.45) is 0 Å². The van der Waals surface area contributed by atoms with Crippen LogP contribution in [0.5, 0.6) is 5.75 Å². The summed E-state index contributed by atoms with van der Waals surface area (Å²) >= 11 is 7.75. The quantitative estimate of drug-likeness (QED) is 0.397. The lowest BCUT2D eigenvalue weighted by atomic mass is 10.1. The average Bonchev–Trinajstić information content (AvgIpc) is 2.77. The Hall–Kier alpha value is -2.02. The number of Topliss-reactive ketones (excluding diaryl/α,β-unsaturated/α-hetero) is 1. The number of ketones is 1. The van der Waals surface area contributed by atoms with Crippen LogP contribution in [-0.2, 0) is 15.3 Å². The summed E-state index contributed by atoms with van der Waals surface area (Å²) in [5, 5.41) is 0.489. The fourth-order valence-corrected chi connectivity index (χ4v) is 4.39. The number of ether oxygens (including phenoxy) is 2. The molecular formula is C24H28ClNO4S. The van der Waals surface area contributed by atoms with Gasteiger partial charge in [-0.05, 0) is 37.6 Å². The Bertz CT molecular complexity index is 903. The highest BCUT2D eigenvalue weighted by molar-refractivity contribution is 7.98. The third-order valence-corrected chi connectivity index (χ3v) is 6.35. The van der Waals surface area contributed by atoms with E-state index < -0.39 is 0 Å². The Morgan fingerprint density at radius 1 is 1.23 bits per heavy atom. The zero-order valence-corrected chi connectivity index (χ0v) is 19.5. The molecule has 0 N–H and O–H groups in total. The molecule has 0 spiro atoms. The molecule has 1 aliphatic rings. The standard InChI is InChI=1S/C24H28ClNO4S/c1-17-3-5-19(6-4-17)16-31-12-9-24(28)26-10-11-29-21(14-26)15-30-23-8-7-20(25)13-22(23)18(2)27/h3-8,13,21H,9-12,14-16H2,1-2H3. The van der Waals surface area contributed by atoms with Gasteiger partial charge in [0.1, 0.15) is 18.5 Å². The van der Waals surface area contributed by atoms with Gasteiger partial charge in [0.2, 0.25) is 5.91 Å². The predicted octanol–water partition coefficient (Wildman–Crippen LogP) is 4.78. The molecular weight excluding hydrogens is 434 g/mol. The lowest BCUT2D eigenvalue weighted by molar-refractivity contribution is -0.139. The molecule has 166 valence electrons. The van der Waals surface area contributed by atoms with E-state index in [2.05, 4.69) is 31.2 Å². The lowest BCUT2D eigenvalue weighted by Crippen LogP contribution is -2.47. The van der Waals surface area contributed by atoms with Gasteiger partial charge >= 0.3 is 0 Å². The number of hydrogen-bond donors (Lipinski definition) is 0. The first-order valence-electron chi connectivity index (χ1n) is 10.4. The van der Waals surface area contributed by atoms with Gasteiger partial charge in [-0.2, -0.15) is 11.8 Å². The minimum Gasteiger partial charge on any atom is -0.490 e. The summed E-state index contributed by atoms with van der Waals surface area (Å²) < 4.78 is 11.6. The molecule has 1 fully saturated rings. The first-order valence-corrected chi connectivity index (χ1v) is 11.9. The van der Waals surface area contributed by atoms with Crippen molar-refractivity contribution in [3.63, 3.8) is 0 Å². The molecule has 1 aliphatic heterocycles. The van der Waals surface area contributed by atoms with E-state index in [1.54, 1.807) is 30.0 Å². The monoisotopic (exact) mass is 461 g/mol. The fourth-order valence-electron chi connectivity index (χ4n) is 3.32. The molecule has 0 aliphatic carbocycles. The maximum atomic E-state index is 12.6. The van der Waals surface area contributed by atoms with Gasteiger partial charge in [0, 0.05) is 29.5 Å². The zero-order chi connectivity index (χ0) is 22.2. The highest BCUT2D eigenvalue weighted by Crippen LogP contribution is 2.24. The molecule has 0 radical (unpaired) electrons. The Labute approximate surface area is 193 Å². The first kappa shape index (κ1) is 23.6. The molecule has 0 bridgehead atoms. The second-order valence-electron chi connectivity index (χ2n) is 7.63. The van der Waals surface area contributed by atoms with Crippen molar-refractivity contribution in [2.45, 2.75) is 32.1 Å². The molecule has 2 aromatic carbocycles. The van der Waals surface area contributed by atoms with Crippen molar-refractivity contribution in [2.75, 3.05) is 32.1 Å². The van der Waals surface area contributed by atoms with Crippen molar-refractivity contribution >= 4 is 35.1 Å². The molecule has 3 rings (SSSR count). The number of carbonyl (C=O) groups excluding carboxylic acids is 2. The number of benzene rings is 2.